The van der Waals surface area contributed by atoms with E-state index in [0.29, 0.717) is 0 Å². The predicted octanol–water partition coefficient (Wildman–Crippen LogP) is 5.83. The molecular weight excluding hydrogens is 252 g/mol. The van der Waals surface area contributed by atoms with Gasteiger partial charge in [0.05, 0.1) is 0 Å². The Kier molecular flexibility index (Phi) is 3.97. The van der Waals surface area contributed by atoms with E-state index in [1.165, 1.54) is 27.8 Å². The average Bonchev–Trinajstić information content (AvgIpc) is 2.55. The quantitative estimate of drug-likeness (QED) is 0.525. The van der Waals surface area contributed by atoms with Gasteiger partial charge in [0.15, 0.2) is 0 Å². The van der Waals surface area contributed by atoms with Gasteiger partial charge in [-0.2, -0.15) is 0 Å². The van der Waals surface area contributed by atoms with Crippen LogP contribution in [-0.4, -0.2) is 0 Å². The van der Waals surface area contributed by atoms with Crippen LogP contribution in [0.15, 0.2) is 78.9 Å². The molecule has 0 N–H and O–H groups in total. The van der Waals surface area contributed by atoms with Crippen molar-refractivity contribution in [1.82, 2.24) is 0 Å². The lowest BCUT2D eigenvalue weighted by molar-refractivity contribution is 1.45. The molecule has 102 valence electrons. The second-order valence-corrected chi connectivity index (χ2v) is 5.18. The third-order valence-electron chi connectivity index (χ3n) is 3.66. The molecule has 3 rings (SSSR count). The molecule has 0 unspecified atom stereocenters. The lowest BCUT2D eigenvalue weighted by Gasteiger charge is -2.02. The first-order chi connectivity index (χ1) is 10.3. The molecule has 0 fully saturated rings. The molecule has 0 heteroatoms. The minimum Gasteiger partial charge on any atom is -0.0622 e. The van der Waals surface area contributed by atoms with Gasteiger partial charge >= 0.3 is 0 Å². The van der Waals surface area contributed by atoms with Crippen LogP contribution in [0.3, 0.4) is 0 Å². The highest BCUT2D eigenvalue weighted by Gasteiger charge is 1.96. The first kappa shape index (κ1) is 13.4. The van der Waals surface area contributed by atoms with Crippen molar-refractivity contribution in [3.05, 3.63) is 95.6 Å². The number of hydrogen-bond donors (Lipinski definition) is 0. The Morgan fingerprint density at radius 3 is 1.90 bits per heavy atom. The van der Waals surface area contributed by atoms with Crippen LogP contribution in [0.4, 0.5) is 0 Å². The van der Waals surface area contributed by atoms with Gasteiger partial charge in [-0.1, -0.05) is 91.0 Å². The third-order valence-corrected chi connectivity index (χ3v) is 3.66. The highest BCUT2D eigenvalue weighted by Crippen LogP contribution is 2.20. The van der Waals surface area contributed by atoms with E-state index >= 15 is 0 Å². The van der Waals surface area contributed by atoms with Crippen molar-refractivity contribution in [1.29, 1.82) is 0 Å². The topological polar surface area (TPSA) is 0 Å². The lowest BCUT2D eigenvalue weighted by Crippen LogP contribution is -1.79. The van der Waals surface area contributed by atoms with E-state index in [4.69, 9.17) is 0 Å². The van der Waals surface area contributed by atoms with Crippen LogP contribution in [0.5, 0.6) is 0 Å². The third kappa shape index (κ3) is 3.29. The van der Waals surface area contributed by atoms with Gasteiger partial charge in [-0.3, -0.25) is 0 Å². The van der Waals surface area contributed by atoms with Crippen LogP contribution in [0, 0.1) is 6.92 Å². The first-order valence-corrected chi connectivity index (χ1v) is 7.22. The van der Waals surface area contributed by atoms with E-state index in [2.05, 4.69) is 91.9 Å². The molecule has 3 aromatic rings. The molecule has 0 aliphatic rings. The summed E-state index contributed by atoms with van der Waals surface area (Å²) in [6, 6.07) is 27.6. The zero-order chi connectivity index (χ0) is 14.5. The van der Waals surface area contributed by atoms with E-state index in [1.807, 2.05) is 6.07 Å². The monoisotopic (exact) mass is 270 g/mol. The molecule has 0 nitrogen and oxygen atoms in total. The number of benzene rings is 3. The van der Waals surface area contributed by atoms with Crippen LogP contribution in [0.1, 0.15) is 16.7 Å². The van der Waals surface area contributed by atoms with Crippen molar-refractivity contribution >= 4 is 12.2 Å². The summed E-state index contributed by atoms with van der Waals surface area (Å²) in [4.78, 5) is 0. The molecule has 0 aliphatic carbocycles. The predicted molar refractivity (Wildman–Crippen MR) is 92.0 cm³/mol. The Morgan fingerprint density at radius 1 is 0.571 bits per heavy atom. The summed E-state index contributed by atoms with van der Waals surface area (Å²) in [5.74, 6) is 0. The molecule has 0 radical (unpaired) electrons. The SMILES string of the molecule is Cc1ccccc1C=Cc1ccc(-c2ccccc2)cc1. The highest BCUT2D eigenvalue weighted by atomic mass is 14.0. The molecule has 0 saturated carbocycles. The maximum absolute atomic E-state index is 2.17. The molecule has 0 aromatic heterocycles. The van der Waals surface area contributed by atoms with Crippen molar-refractivity contribution in [2.24, 2.45) is 0 Å². The van der Waals surface area contributed by atoms with Gasteiger partial charge in [0, 0.05) is 0 Å². The van der Waals surface area contributed by atoms with Crippen LogP contribution >= 0.6 is 0 Å². The molecule has 0 atom stereocenters. The molecule has 0 saturated heterocycles. The van der Waals surface area contributed by atoms with Gasteiger partial charge in [-0.05, 0) is 34.7 Å². The summed E-state index contributed by atoms with van der Waals surface area (Å²) < 4.78 is 0. The van der Waals surface area contributed by atoms with Crippen molar-refractivity contribution < 1.29 is 0 Å². The number of hydrogen-bond acceptors (Lipinski definition) is 0. The van der Waals surface area contributed by atoms with E-state index in [9.17, 15) is 0 Å². The summed E-state index contributed by atoms with van der Waals surface area (Å²) in [7, 11) is 0. The van der Waals surface area contributed by atoms with Crippen molar-refractivity contribution in [3.63, 3.8) is 0 Å². The molecule has 0 amide bonds. The Bertz CT molecular complexity index is 735. The molecule has 0 bridgehead atoms. The molecule has 21 heavy (non-hydrogen) atoms. The second-order valence-electron chi connectivity index (χ2n) is 5.18. The second kappa shape index (κ2) is 6.23. The largest absolute Gasteiger partial charge is 0.0622 e. The number of rotatable bonds is 3. The minimum absolute atomic E-state index is 1.22. The summed E-state index contributed by atoms with van der Waals surface area (Å²) >= 11 is 0. The fraction of sp³-hybridized carbons (Fsp3) is 0.0476. The molecular formula is C21H18. The van der Waals surface area contributed by atoms with Gasteiger partial charge in [-0.25, -0.2) is 0 Å². The zero-order valence-electron chi connectivity index (χ0n) is 12.2. The van der Waals surface area contributed by atoms with Crippen LogP contribution in [0.2, 0.25) is 0 Å². The minimum atomic E-state index is 1.22. The average molecular weight is 270 g/mol. The maximum Gasteiger partial charge on any atom is -0.0184 e. The van der Waals surface area contributed by atoms with Crippen LogP contribution in [0.25, 0.3) is 23.3 Å². The standard InChI is InChI=1S/C21H18/c1-17-7-5-6-8-19(17)14-11-18-12-15-21(16-13-18)20-9-3-2-4-10-20/h2-16H,1H3. The molecule has 3 aromatic carbocycles. The summed E-state index contributed by atoms with van der Waals surface area (Å²) in [5.41, 5.74) is 6.30. The number of aryl methyl sites for hydroxylation is 1. The van der Waals surface area contributed by atoms with E-state index in [0.717, 1.165) is 0 Å². The van der Waals surface area contributed by atoms with Crippen molar-refractivity contribution in [2.75, 3.05) is 0 Å². The van der Waals surface area contributed by atoms with Crippen LogP contribution < -0.4 is 0 Å². The van der Waals surface area contributed by atoms with Crippen molar-refractivity contribution in [3.8, 4) is 11.1 Å². The van der Waals surface area contributed by atoms with E-state index < -0.39 is 0 Å². The Labute approximate surface area is 126 Å². The Morgan fingerprint density at radius 2 is 1.19 bits per heavy atom. The summed E-state index contributed by atoms with van der Waals surface area (Å²) in [6.45, 7) is 2.14. The van der Waals surface area contributed by atoms with Gasteiger partial charge in [0.2, 0.25) is 0 Å². The molecule has 0 spiro atoms. The molecule has 0 aliphatic heterocycles. The van der Waals surface area contributed by atoms with Gasteiger partial charge < -0.3 is 0 Å². The fourth-order valence-corrected chi connectivity index (χ4v) is 2.38. The van der Waals surface area contributed by atoms with Gasteiger partial charge in [0.1, 0.15) is 0 Å². The van der Waals surface area contributed by atoms with Crippen LogP contribution in [-0.2, 0) is 0 Å². The first-order valence-electron chi connectivity index (χ1n) is 7.22. The fourth-order valence-electron chi connectivity index (χ4n) is 2.38. The van der Waals surface area contributed by atoms with Gasteiger partial charge in [0.25, 0.3) is 0 Å². The Balaban J connectivity index is 1.81. The zero-order valence-corrected chi connectivity index (χ0v) is 12.2. The summed E-state index contributed by atoms with van der Waals surface area (Å²) in [6.07, 6.45) is 4.34. The van der Waals surface area contributed by atoms with Gasteiger partial charge in [-0.15, -0.1) is 0 Å². The normalized spacial score (nSPS) is 10.9. The highest BCUT2D eigenvalue weighted by molar-refractivity contribution is 5.73. The Hall–Kier alpha value is -2.60. The summed E-state index contributed by atoms with van der Waals surface area (Å²) in [5, 5.41) is 0. The van der Waals surface area contributed by atoms with E-state index in [-0.39, 0.29) is 0 Å². The maximum atomic E-state index is 2.17. The van der Waals surface area contributed by atoms with E-state index in [1.54, 1.807) is 0 Å². The molecule has 0 heterocycles. The smallest absolute Gasteiger partial charge is 0.0184 e. The van der Waals surface area contributed by atoms with Crippen molar-refractivity contribution in [2.45, 2.75) is 6.92 Å². The lowest BCUT2D eigenvalue weighted by atomic mass is 10.0.